The number of nitrogens with zero attached hydrogens (tertiary/aromatic N) is 1. The van der Waals surface area contributed by atoms with Crippen molar-refractivity contribution in [1.29, 1.82) is 0 Å². The average molecular weight is 301 g/mol. The van der Waals surface area contributed by atoms with E-state index in [0.717, 1.165) is 6.42 Å². The summed E-state index contributed by atoms with van der Waals surface area (Å²) >= 11 is 5.78. The molecule has 1 aromatic rings. The molecule has 0 bridgehead atoms. The third-order valence-corrected chi connectivity index (χ3v) is 4.15. The number of halogens is 2. The third-order valence-electron chi connectivity index (χ3n) is 3.86. The van der Waals surface area contributed by atoms with Crippen LogP contribution in [0.5, 0.6) is 0 Å². The highest BCUT2D eigenvalue weighted by molar-refractivity contribution is 6.30. The van der Waals surface area contributed by atoms with Gasteiger partial charge >= 0.3 is 0 Å². The molecule has 0 aliphatic carbocycles. The number of methoxy groups -OCH3 is 1. The van der Waals surface area contributed by atoms with Gasteiger partial charge in [0, 0.05) is 19.2 Å². The molecule has 1 aromatic carbocycles. The second-order valence-corrected chi connectivity index (χ2v) is 5.47. The van der Waals surface area contributed by atoms with E-state index in [9.17, 15) is 9.18 Å². The van der Waals surface area contributed by atoms with E-state index in [2.05, 4.69) is 0 Å². The van der Waals surface area contributed by atoms with Crippen LogP contribution in [0.4, 0.5) is 4.39 Å². The van der Waals surface area contributed by atoms with Gasteiger partial charge in [0.25, 0.3) is 0 Å². The molecule has 110 valence electrons. The fraction of sp³-hybridized carbons (Fsp3) is 0.500. The summed E-state index contributed by atoms with van der Waals surface area (Å²) in [5.74, 6) is -0.879. The smallest absolute Gasteiger partial charge is 0.240 e. The summed E-state index contributed by atoms with van der Waals surface area (Å²) in [6.07, 6.45) is 1.45. The molecule has 1 saturated heterocycles. The van der Waals surface area contributed by atoms with E-state index < -0.39 is 17.3 Å². The van der Waals surface area contributed by atoms with Gasteiger partial charge in [-0.05, 0) is 25.5 Å². The first-order valence-corrected chi connectivity index (χ1v) is 6.86. The number of hydrogen-bond acceptors (Lipinski definition) is 3. The Morgan fingerprint density at radius 1 is 1.60 bits per heavy atom. The number of primary amides is 1. The van der Waals surface area contributed by atoms with E-state index in [0.29, 0.717) is 25.1 Å². The van der Waals surface area contributed by atoms with E-state index in [1.54, 1.807) is 12.1 Å². The number of carbonyl (C=O) groups is 1. The molecule has 1 unspecified atom stereocenters. The molecule has 0 aromatic heterocycles. The maximum Gasteiger partial charge on any atom is 0.240 e. The van der Waals surface area contributed by atoms with E-state index in [1.807, 2.05) is 4.90 Å². The molecule has 20 heavy (non-hydrogen) atoms. The van der Waals surface area contributed by atoms with Crippen molar-refractivity contribution in [1.82, 2.24) is 4.90 Å². The number of hydrogen-bond donors (Lipinski definition) is 1. The van der Waals surface area contributed by atoms with Crippen molar-refractivity contribution in [2.45, 2.75) is 24.9 Å². The number of nitrogens with two attached hydrogens (primary N) is 1. The Hall–Kier alpha value is -1.17. The summed E-state index contributed by atoms with van der Waals surface area (Å²) < 4.78 is 19.1. The Morgan fingerprint density at radius 3 is 3.00 bits per heavy atom. The molecule has 2 rings (SSSR count). The van der Waals surface area contributed by atoms with Gasteiger partial charge < -0.3 is 10.5 Å². The Balaban J connectivity index is 2.27. The predicted molar refractivity (Wildman–Crippen MR) is 74.9 cm³/mol. The van der Waals surface area contributed by atoms with Crippen molar-refractivity contribution in [2.75, 3.05) is 20.3 Å². The van der Waals surface area contributed by atoms with Crippen molar-refractivity contribution < 1.29 is 13.9 Å². The van der Waals surface area contributed by atoms with E-state index in [1.165, 1.54) is 13.2 Å². The number of rotatable bonds is 5. The number of likely N-dealkylation sites (tertiary alicyclic amines) is 1. The van der Waals surface area contributed by atoms with Gasteiger partial charge in [0.1, 0.15) is 11.4 Å². The Bertz CT molecular complexity index is 512. The largest absolute Gasteiger partial charge is 0.382 e. The predicted octanol–water partition coefficient (Wildman–Crippen LogP) is 1.95. The molecule has 0 spiro atoms. The number of amides is 1. The maximum atomic E-state index is 14.0. The SMILES string of the molecule is COCC1(C(N)=O)CCCN1Cc1cccc(Cl)c1F. The van der Waals surface area contributed by atoms with Gasteiger partial charge in [0.05, 0.1) is 11.6 Å². The normalized spacial score (nSPS) is 23.1. The van der Waals surface area contributed by atoms with Crippen LogP contribution in [0.2, 0.25) is 5.02 Å². The monoisotopic (exact) mass is 300 g/mol. The molecule has 4 nitrogen and oxygen atoms in total. The first-order chi connectivity index (χ1) is 9.51. The minimum Gasteiger partial charge on any atom is -0.382 e. The van der Waals surface area contributed by atoms with Crippen LogP contribution < -0.4 is 5.73 Å². The molecule has 1 amide bonds. The number of carbonyl (C=O) groups excluding carboxylic acids is 1. The topological polar surface area (TPSA) is 55.6 Å². The van der Waals surface area contributed by atoms with Gasteiger partial charge in [-0.3, -0.25) is 9.69 Å². The minimum absolute atomic E-state index is 0.0816. The fourth-order valence-electron chi connectivity index (χ4n) is 2.79. The molecule has 0 saturated carbocycles. The van der Waals surface area contributed by atoms with Crippen LogP contribution in [0, 0.1) is 5.82 Å². The molecule has 1 atom stereocenters. The quantitative estimate of drug-likeness (QED) is 0.904. The van der Waals surface area contributed by atoms with Crippen LogP contribution in [0.15, 0.2) is 18.2 Å². The molecule has 1 fully saturated rings. The van der Waals surface area contributed by atoms with E-state index >= 15 is 0 Å². The van der Waals surface area contributed by atoms with E-state index in [-0.39, 0.29) is 11.6 Å². The molecule has 6 heteroatoms. The van der Waals surface area contributed by atoms with Gasteiger partial charge in [-0.25, -0.2) is 4.39 Å². The molecule has 1 aliphatic heterocycles. The molecular weight excluding hydrogens is 283 g/mol. The summed E-state index contributed by atoms with van der Waals surface area (Å²) in [6.45, 7) is 1.18. The van der Waals surface area contributed by atoms with Gasteiger partial charge in [0.2, 0.25) is 5.91 Å². The number of benzene rings is 1. The van der Waals surface area contributed by atoms with Crippen molar-refractivity contribution >= 4 is 17.5 Å². The fourth-order valence-corrected chi connectivity index (χ4v) is 2.99. The van der Waals surface area contributed by atoms with Crippen molar-refractivity contribution in [3.8, 4) is 0 Å². The summed E-state index contributed by atoms with van der Waals surface area (Å²) in [5, 5.41) is 0.0816. The average Bonchev–Trinajstić information content (AvgIpc) is 2.80. The summed E-state index contributed by atoms with van der Waals surface area (Å²) in [5.41, 5.74) is 5.15. The van der Waals surface area contributed by atoms with Crippen molar-refractivity contribution in [2.24, 2.45) is 5.73 Å². The zero-order valence-electron chi connectivity index (χ0n) is 11.4. The van der Waals surface area contributed by atoms with Gasteiger partial charge in [-0.1, -0.05) is 23.7 Å². The standard InChI is InChI=1S/C14H18ClFN2O2/c1-20-9-14(13(17)19)6-3-7-18(14)8-10-4-2-5-11(15)12(10)16/h2,4-5H,3,6-9H2,1H3,(H2,17,19). The Labute approximate surface area is 122 Å². The number of ether oxygens (including phenoxy) is 1. The lowest BCUT2D eigenvalue weighted by Crippen LogP contribution is -2.56. The van der Waals surface area contributed by atoms with Crippen LogP contribution in [-0.2, 0) is 16.1 Å². The third kappa shape index (κ3) is 2.66. The van der Waals surface area contributed by atoms with Crippen molar-refractivity contribution in [3.05, 3.63) is 34.6 Å². The lowest BCUT2D eigenvalue weighted by Gasteiger charge is -2.35. The minimum atomic E-state index is -0.858. The van der Waals surface area contributed by atoms with Crippen LogP contribution in [0.3, 0.4) is 0 Å². The maximum absolute atomic E-state index is 14.0. The van der Waals surface area contributed by atoms with Gasteiger partial charge in [-0.15, -0.1) is 0 Å². The van der Waals surface area contributed by atoms with Gasteiger partial charge in [0.15, 0.2) is 0 Å². The Morgan fingerprint density at radius 2 is 2.35 bits per heavy atom. The van der Waals surface area contributed by atoms with Crippen LogP contribution in [0.25, 0.3) is 0 Å². The lowest BCUT2D eigenvalue weighted by molar-refractivity contribution is -0.132. The molecule has 0 radical (unpaired) electrons. The summed E-state index contributed by atoms with van der Waals surface area (Å²) in [7, 11) is 1.53. The zero-order chi connectivity index (χ0) is 14.8. The highest BCUT2D eigenvalue weighted by Crippen LogP contribution is 2.32. The van der Waals surface area contributed by atoms with Crippen molar-refractivity contribution in [3.63, 3.8) is 0 Å². The van der Waals surface area contributed by atoms with Gasteiger partial charge in [-0.2, -0.15) is 0 Å². The Kier molecular flexibility index (Phi) is 4.62. The second-order valence-electron chi connectivity index (χ2n) is 5.07. The van der Waals surface area contributed by atoms with E-state index in [4.69, 9.17) is 22.1 Å². The highest BCUT2D eigenvalue weighted by Gasteiger charge is 2.46. The molecular formula is C14H18ClFN2O2. The highest BCUT2D eigenvalue weighted by atomic mass is 35.5. The first kappa shape index (κ1) is 15.2. The molecule has 2 N–H and O–H groups in total. The zero-order valence-corrected chi connectivity index (χ0v) is 12.1. The second kappa shape index (κ2) is 6.08. The summed E-state index contributed by atoms with van der Waals surface area (Å²) in [6, 6.07) is 4.86. The molecule has 1 heterocycles. The first-order valence-electron chi connectivity index (χ1n) is 6.48. The molecule has 1 aliphatic rings. The summed E-state index contributed by atoms with van der Waals surface area (Å²) in [4.78, 5) is 13.7. The van der Waals surface area contributed by atoms with Crippen LogP contribution in [0.1, 0.15) is 18.4 Å². The van der Waals surface area contributed by atoms with Crippen LogP contribution >= 0.6 is 11.6 Å². The lowest BCUT2D eigenvalue weighted by atomic mass is 9.95. The van der Waals surface area contributed by atoms with Crippen LogP contribution in [-0.4, -0.2) is 36.6 Å².